The Morgan fingerprint density at radius 1 is 1.33 bits per heavy atom. The molecule has 0 radical (unpaired) electrons. The van der Waals surface area contributed by atoms with Crippen LogP contribution >= 0.6 is 0 Å². The van der Waals surface area contributed by atoms with Crippen molar-refractivity contribution in [2.75, 3.05) is 0 Å². The van der Waals surface area contributed by atoms with Crippen molar-refractivity contribution in [3.05, 3.63) is 36.4 Å². The molecule has 1 unspecified atom stereocenters. The first-order valence-electron chi connectivity index (χ1n) is 9.43. The summed E-state index contributed by atoms with van der Waals surface area (Å²) in [5.74, 6) is 0.778. The Hall–Kier alpha value is -1.35. The zero-order valence-electron chi connectivity index (χ0n) is 15.8. The lowest BCUT2D eigenvalue weighted by Crippen LogP contribution is -2.33. The van der Waals surface area contributed by atoms with Gasteiger partial charge >= 0.3 is 0 Å². The first kappa shape index (κ1) is 19.0. The van der Waals surface area contributed by atoms with E-state index in [0.717, 1.165) is 18.0 Å². The molecule has 0 aromatic carbocycles. The molecule has 3 heteroatoms. The van der Waals surface area contributed by atoms with Gasteiger partial charge in [0.05, 0.1) is 12.4 Å². The highest BCUT2D eigenvalue weighted by Gasteiger charge is 2.32. The number of aliphatic hydroxyl groups excluding tert-OH is 1. The van der Waals surface area contributed by atoms with Gasteiger partial charge in [0.2, 0.25) is 0 Å². The highest BCUT2D eigenvalue weighted by Crippen LogP contribution is 2.38. The summed E-state index contributed by atoms with van der Waals surface area (Å²) in [4.78, 5) is 4.17. The van der Waals surface area contributed by atoms with Gasteiger partial charge in [-0.1, -0.05) is 58.1 Å². The van der Waals surface area contributed by atoms with Crippen molar-refractivity contribution in [2.45, 2.75) is 78.7 Å². The number of allylic oxidation sites excluding steroid dienone is 3. The predicted octanol–water partition coefficient (Wildman–Crippen LogP) is 5.44. The quantitative estimate of drug-likeness (QED) is 0.676. The molecule has 0 spiro atoms. The minimum Gasteiger partial charge on any atom is -0.392 e. The van der Waals surface area contributed by atoms with Crippen LogP contribution in [0.25, 0.3) is 5.70 Å². The van der Waals surface area contributed by atoms with Crippen molar-refractivity contribution in [3.63, 3.8) is 0 Å². The van der Waals surface area contributed by atoms with E-state index in [-0.39, 0.29) is 11.5 Å². The third-order valence-electron chi connectivity index (χ3n) is 5.52. The maximum atomic E-state index is 11.0. The van der Waals surface area contributed by atoms with E-state index in [1.807, 2.05) is 30.1 Å². The van der Waals surface area contributed by atoms with Crippen molar-refractivity contribution in [3.8, 4) is 0 Å². The molecule has 1 atom stereocenters. The van der Waals surface area contributed by atoms with Crippen LogP contribution in [-0.2, 0) is 0 Å². The van der Waals surface area contributed by atoms with Gasteiger partial charge in [-0.2, -0.15) is 0 Å². The number of imidazole rings is 1. The van der Waals surface area contributed by atoms with E-state index in [1.165, 1.54) is 37.7 Å². The second-order valence-electron chi connectivity index (χ2n) is 8.02. The average Bonchev–Trinajstić information content (AvgIpc) is 3.07. The third kappa shape index (κ3) is 5.07. The van der Waals surface area contributed by atoms with Crippen molar-refractivity contribution < 1.29 is 5.11 Å². The molecule has 3 nitrogen and oxygen atoms in total. The maximum Gasteiger partial charge on any atom is 0.0989 e. The second kappa shape index (κ2) is 8.66. The Balaban J connectivity index is 2.11. The lowest BCUT2D eigenvalue weighted by molar-refractivity contribution is 0.0306. The fourth-order valence-corrected chi connectivity index (χ4v) is 3.97. The van der Waals surface area contributed by atoms with Crippen LogP contribution in [0.5, 0.6) is 0 Å². The van der Waals surface area contributed by atoms with Gasteiger partial charge < -0.3 is 9.67 Å². The fourth-order valence-electron chi connectivity index (χ4n) is 3.97. The molecule has 1 aromatic rings. The molecule has 2 rings (SSSR count). The van der Waals surface area contributed by atoms with E-state index in [4.69, 9.17) is 0 Å². The van der Waals surface area contributed by atoms with Gasteiger partial charge in [-0.3, -0.25) is 0 Å². The molecule has 0 bridgehead atoms. The normalized spacial score (nSPS) is 19.5. The Morgan fingerprint density at radius 2 is 2.04 bits per heavy atom. The monoisotopic (exact) mass is 330 g/mol. The van der Waals surface area contributed by atoms with Crippen LogP contribution in [0, 0.1) is 11.3 Å². The van der Waals surface area contributed by atoms with E-state index < -0.39 is 0 Å². The zero-order chi connectivity index (χ0) is 17.6. The number of nitrogens with zero attached hydrogens (tertiary/aromatic N) is 2. The molecule has 1 saturated carbocycles. The Labute approximate surface area is 147 Å². The SMILES string of the molecule is C/C=C\C(C)=C(\CC(O)C(C)(C)CC1CCCCC1)n1ccnc1. The zero-order valence-corrected chi connectivity index (χ0v) is 15.8. The molecule has 0 amide bonds. The topological polar surface area (TPSA) is 38.0 Å². The van der Waals surface area contributed by atoms with Gasteiger partial charge in [0, 0.05) is 24.5 Å². The van der Waals surface area contributed by atoms with Crippen LogP contribution in [0.15, 0.2) is 36.4 Å². The molecule has 0 aliphatic heterocycles. The smallest absolute Gasteiger partial charge is 0.0989 e. The highest BCUT2D eigenvalue weighted by atomic mass is 16.3. The van der Waals surface area contributed by atoms with Gasteiger partial charge in [-0.05, 0) is 37.2 Å². The molecule has 0 saturated heterocycles. The van der Waals surface area contributed by atoms with Gasteiger partial charge in [0.1, 0.15) is 0 Å². The average molecular weight is 331 g/mol. The summed E-state index contributed by atoms with van der Waals surface area (Å²) in [5.41, 5.74) is 2.25. The molecule has 1 aliphatic rings. The number of hydrogen-bond acceptors (Lipinski definition) is 2. The lowest BCUT2D eigenvalue weighted by Gasteiger charge is -2.36. The summed E-state index contributed by atoms with van der Waals surface area (Å²) in [5, 5.41) is 11.0. The fraction of sp³-hybridized carbons (Fsp3) is 0.667. The summed E-state index contributed by atoms with van der Waals surface area (Å²) in [6.07, 6.45) is 17.9. The van der Waals surface area contributed by atoms with Gasteiger partial charge in [0.15, 0.2) is 0 Å². The predicted molar refractivity (Wildman–Crippen MR) is 102 cm³/mol. The highest BCUT2D eigenvalue weighted by molar-refractivity contribution is 5.54. The number of rotatable bonds is 7. The lowest BCUT2D eigenvalue weighted by atomic mass is 9.72. The maximum absolute atomic E-state index is 11.0. The van der Waals surface area contributed by atoms with E-state index in [1.54, 1.807) is 6.20 Å². The molecule has 1 aromatic heterocycles. The van der Waals surface area contributed by atoms with Crippen LogP contribution in [0.4, 0.5) is 0 Å². The summed E-state index contributed by atoms with van der Waals surface area (Å²) in [7, 11) is 0. The number of aliphatic hydroxyl groups is 1. The summed E-state index contributed by atoms with van der Waals surface area (Å²) < 4.78 is 2.04. The molecular formula is C21H34N2O. The minimum absolute atomic E-state index is 0.0654. The molecule has 134 valence electrons. The molecule has 24 heavy (non-hydrogen) atoms. The first-order valence-corrected chi connectivity index (χ1v) is 9.43. The summed E-state index contributed by atoms with van der Waals surface area (Å²) >= 11 is 0. The Kier molecular flexibility index (Phi) is 6.85. The van der Waals surface area contributed by atoms with Gasteiger partial charge in [-0.25, -0.2) is 4.98 Å². The molecule has 1 heterocycles. The van der Waals surface area contributed by atoms with Crippen molar-refractivity contribution in [2.24, 2.45) is 11.3 Å². The number of hydrogen-bond donors (Lipinski definition) is 1. The van der Waals surface area contributed by atoms with Crippen molar-refractivity contribution in [1.29, 1.82) is 0 Å². The molecular weight excluding hydrogens is 296 g/mol. The minimum atomic E-state index is -0.350. The van der Waals surface area contributed by atoms with E-state index >= 15 is 0 Å². The van der Waals surface area contributed by atoms with E-state index in [9.17, 15) is 5.11 Å². The third-order valence-corrected chi connectivity index (χ3v) is 5.52. The second-order valence-corrected chi connectivity index (χ2v) is 8.02. The molecule has 1 N–H and O–H groups in total. The Bertz CT molecular complexity index is 548. The van der Waals surface area contributed by atoms with E-state index in [2.05, 4.69) is 31.8 Å². The Morgan fingerprint density at radius 3 is 2.62 bits per heavy atom. The van der Waals surface area contributed by atoms with Crippen molar-refractivity contribution >= 4 is 5.70 Å². The van der Waals surface area contributed by atoms with Crippen LogP contribution in [0.3, 0.4) is 0 Å². The number of aromatic nitrogens is 2. The standard InChI is InChI=1S/C21H34N2O/c1-5-9-17(2)19(23-13-12-22-16-23)14-20(24)21(3,4)15-18-10-7-6-8-11-18/h5,9,12-13,16,18,20,24H,6-8,10-11,14-15H2,1-4H3/b9-5-,19-17-. The van der Waals surface area contributed by atoms with Gasteiger partial charge in [-0.15, -0.1) is 0 Å². The molecule has 1 aliphatic carbocycles. The first-order chi connectivity index (χ1) is 11.4. The van der Waals surface area contributed by atoms with Crippen LogP contribution in [0.2, 0.25) is 0 Å². The summed E-state index contributed by atoms with van der Waals surface area (Å²) in [6.45, 7) is 8.58. The van der Waals surface area contributed by atoms with Crippen LogP contribution < -0.4 is 0 Å². The van der Waals surface area contributed by atoms with Crippen LogP contribution in [0.1, 0.15) is 72.6 Å². The van der Waals surface area contributed by atoms with Gasteiger partial charge in [0.25, 0.3) is 0 Å². The van der Waals surface area contributed by atoms with Crippen LogP contribution in [-0.4, -0.2) is 20.8 Å². The summed E-state index contributed by atoms with van der Waals surface area (Å²) in [6, 6.07) is 0. The van der Waals surface area contributed by atoms with Crippen molar-refractivity contribution in [1.82, 2.24) is 9.55 Å². The largest absolute Gasteiger partial charge is 0.392 e. The molecule has 1 fully saturated rings. The van der Waals surface area contributed by atoms with E-state index in [0.29, 0.717) is 6.42 Å².